The summed E-state index contributed by atoms with van der Waals surface area (Å²) in [6, 6.07) is 0. The molecular formula is C10H16O2. The molecule has 0 aliphatic carbocycles. The van der Waals surface area contributed by atoms with Crippen LogP contribution in [0.5, 0.6) is 0 Å². The minimum absolute atomic E-state index is 0.119. The van der Waals surface area contributed by atoms with Crippen LogP contribution in [0.4, 0.5) is 0 Å². The lowest BCUT2D eigenvalue weighted by Gasteiger charge is -1.84. The van der Waals surface area contributed by atoms with Gasteiger partial charge in [0.1, 0.15) is 6.10 Å². The SMILES string of the molecule is CCCCC#C[C@H]1O[C@@H]1CCO. The van der Waals surface area contributed by atoms with Crippen molar-refractivity contribution in [3.05, 3.63) is 0 Å². The fraction of sp³-hybridized carbons (Fsp3) is 0.800. The topological polar surface area (TPSA) is 32.8 Å². The summed E-state index contributed by atoms with van der Waals surface area (Å²) < 4.78 is 5.20. The van der Waals surface area contributed by atoms with E-state index in [0.29, 0.717) is 0 Å². The van der Waals surface area contributed by atoms with E-state index < -0.39 is 0 Å². The van der Waals surface area contributed by atoms with Crippen molar-refractivity contribution in [3.8, 4) is 11.8 Å². The van der Waals surface area contributed by atoms with E-state index >= 15 is 0 Å². The van der Waals surface area contributed by atoms with Crippen molar-refractivity contribution in [1.29, 1.82) is 0 Å². The molecule has 2 nitrogen and oxygen atoms in total. The van der Waals surface area contributed by atoms with Gasteiger partial charge in [0.15, 0.2) is 0 Å². The van der Waals surface area contributed by atoms with Gasteiger partial charge in [-0.1, -0.05) is 19.3 Å². The van der Waals surface area contributed by atoms with E-state index in [-0.39, 0.29) is 18.8 Å². The number of aliphatic hydroxyl groups is 1. The van der Waals surface area contributed by atoms with Gasteiger partial charge in [-0.2, -0.15) is 0 Å². The first-order valence-electron chi connectivity index (χ1n) is 4.63. The van der Waals surface area contributed by atoms with Crippen molar-refractivity contribution in [2.45, 2.75) is 44.8 Å². The molecule has 68 valence electrons. The van der Waals surface area contributed by atoms with Crippen LogP contribution >= 0.6 is 0 Å². The van der Waals surface area contributed by atoms with Gasteiger partial charge < -0.3 is 9.84 Å². The quantitative estimate of drug-likeness (QED) is 0.390. The zero-order valence-corrected chi connectivity index (χ0v) is 7.55. The standard InChI is InChI=1S/C10H16O2/c1-2-3-4-5-6-9-10(12-9)7-8-11/h9-11H,2-4,7-8H2,1H3/t9-,10-/m1/s1. The number of hydrogen-bond donors (Lipinski definition) is 1. The highest BCUT2D eigenvalue weighted by Crippen LogP contribution is 2.23. The zero-order valence-electron chi connectivity index (χ0n) is 7.55. The summed E-state index contributed by atoms with van der Waals surface area (Å²) >= 11 is 0. The van der Waals surface area contributed by atoms with Crippen LogP contribution in [0.3, 0.4) is 0 Å². The lowest BCUT2D eigenvalue weighted by atomic mass is 10.2. The maximum Gasteiger partial charge on any atom is 0.144 e. The highest BCUT2D eigenvalue weighted by molar-refractivity contribution is 5.13. The summed E-state index contributed by atoms with van der Waals surface area (Å²) in [5, 5.41) is 8.58. The van der Waals surface area contributed by atoms with Gasteiger partial charge in [0.25, 0.3) is 0 Å². The average Bonchev–Trinajstić information content (AvgIpc) is 2.79. The van der Waals surface area contributed by atoms with Crippen molar-refractivity contribution in [2.75, 3.05) is 6.61 Å². The molecule has 2 atom stereocenters. The third-order valence-corrected chi connectivity index (χ3v) is 1.90. The maximum atomic E-state index is 8.58. The number of rotatable bonds is 4. The number of epoxide rings is 1. The Balaban J connectivity index is 2.04. The minimum Gasteiger partial charge on any atom is -0.396 e. The number of unbranched alkanes of at least 4 members (excludes halogenated alkanes) is 2. The molecule has 0 aromatic rings. The summed E-state index contributed by atoms with van der Waals surface area (Å²) in [6.07, 6.45) is 4.40. The van der Waals surface area contributed by atoms with E-state index in [4.69, 9.17) is 9.84 Å². The molecule has 0 spiro atoms. The molecule has 0 aromatic carbocycles. The lowest BCUT2D eigenvalue weighted by Crippen LogP contribution is -1.94. The van der Waals surface area contributed by atoms with Gasteiger partial charge in [-0.15, -0.1) is 5.92 Å². The molecule has 0 bridgehead atoms. The molecule has 1 rings (SSSR count). The lowest BCUT2D eigenvalue weighted by molar-refractivity contribution is 0.263. The Hall–Kier alpha value is -0.520. The molecule has 12 heavy (non-hydrogen) atoms. The second kappa shape index (κ2) is 5.18. The molecule has 0 saturated carbocycles. The second-order valence-corrected chi connectivity index (χ2v) is 3.03. The summed E-state index contributed by atoms with van der Waals surface area (Å²) in [5.74, 6) is 6.12. The predicted molar refractivity (Wildman–Crippen MR) is 47.7 cm³/mol. The first-order valence-corrected chi connectivity index (χ1v) is 4.63. The summed E-state index contributed by atoms with van der Waals surface area (Å²) in [7, 11) is 0. The largest absolute Gasteiger partial charge is 0.396 e. The smallest absolute Gasteiger partial charge is 0.144 e. The molecule has 1 aliphatic heterocycles. The van der Waals surface area contributed by atoms with Crippen LogP contribution in [0.1, 0.15) is 32.6 Å². The Morgan fingerprint density at radius 2 is 2.33 bits per heavy atom. The van der Waals surface area contributed by atoms with Crippen LogP contribution in [-0.2, 0) is 4.74 Å². The Morgan fingerprint density at radius 1 is 1.50 bits per heavy atom. The van der Waals surface area contributed by atoms with E-state index in [0.717, 1.165) is 12.8 Å². The van der Waals surface area contributed by atoms with Gasteiger partial charge in [0, 0.05) is 19.4 Å². The van der Waals surface area contributed by atoms with E-state index in [9.17, 15) is 0 Å². The summed E-state index contributed by atoms with van der Waals surface area (Å²) in [5.41, 5.74) is 0. The van der Waals surface area contributed by atoms with Gasteiger partial charge in [-0.25, -0.2) is 0 Å². The second-order valence-electron chi connectivity index (χ2n) is 3.03. The van der Waals surface area contributed by atoms with E-state index in [1.54, 1.807) is 0 Å². The zero-order chi connectivity index (χ0) is 8.81. The van der Waals surface area contributed by atoms with Crippen molar-refractivity contribution in [3.63, 3.8) is 0 Å². The minimum atomic E-state index is 0.119. The number of hydrogen-bond acceptors (Lipinski definition) is 2. The first-order chi connectivity index (χ1) is 5.88. The fourth-order valence-electron chi connectivity index (χ4n) is 1.05. The van der Waals surface area contributed by atoms with Crippen LogP contribution in [0.15, 0.2) is 0 Å². The highest BCUT2D eigenvalue weighted by Gasteiger charge is 2.36. The Labute approximate surface area is 73.9 Å². The molecule has 0 amide bonds. The molecule has 1 aliphatic rings. The van der Waals surface area contributed by atoms with Gasteiger partial charge in [-0.3, -0.25) is 0 Å². The van der Waals surface area contributed by atoms with E-state index in [1.165, 1.54) is 12.8 Å². The van der Waals surface area contributed by atoms with Crippen LogP contribution in [0.25, 0.3) is 0 Å². The molecule has 0 aromatic heterocycles. The van der Waals surface area contributed by atoms with Crippen LogP contribution in [0.2, 0.25) is 0 Å². The summed E-state index contributed by atoms with van der Waals surface area (Å²) in [6.45, 7) is 2.36. The third kappa shape index (κ3) is 3.25. The molecular weight excluding hydrogens is 152 g/mol. The first kappa shape index (κ1) is 9.57. The van der Waals surface area contributed by atoms with Crippen LogP contribution in [0, 0.1) is 11.8 Å². The van der Waals surface area contributed by atoms with Crippen molar-refractivity contribution >= 4 is 0 Å². The molecule has 2 heteroatoms. The Bertz CT molecular complexity index is 178. The predicted octanol–water partition coefficient (Wildman–Crippen LogP) is 1.33. The fourth-order valence-corrected chi connectivity index (χ4v) is 1.05. The Morgan fingerprint density at radius 3 is 3.00 bits per heavy atom. The van der Waals surface area contributed by atoms with Crippen molar-refractivity contribution < 1.29 is 9.84 Å². The molecule has 1 heterocycles. The van der Waals surface area contributed by atoms with E-state index in [2.05, 4.69) is 18.8 Å². The maximum absolute atomic E-state index is 8.58. The Kier molecular flexibility index (Phi) is 4.13. The average molecular weight is 168 g/mol. The summed E-state index contributed by atoms with van der Waals surface area (Å²) in [4.78, 5) is 0. The molecule has 1 N–H and O–H groups in total. The van der Waals surface area contributed by atoms with Gasteiger partial charge >= 0.3 is 0 Å². The highest BCUT2D eigenvalue weighted by atomic mass is 16.6. The van der Waals surface area contributed by atoms with Crippen LogP contribution in [-0.4, -0.2) is 23.9 Å². The van der Waals surface area contributed by atoms with E-state index in [1.807, 2.05) is 0 Å². The van der Waals surface area contributed by atoms with Gasteiger partial charge in [-0.05, 0) is 6.42 Å². The third-order valence-electron chi connectivity index (χ3n) is 1.90. The normalized spacial score (nSPS) is 26.2. The van der Waals surface area contributed by atoms with Gasteiger partial charge in [0.2, 0.25) is 0 Å². The van der Waals surface area contributed by atoms with Crippen molar-refractivity contribution in [2.24, 2.45) is 0 Å². The number of ether oxygens (including phenoxy) is 1. The molecule has 0 unspecified atom stereocenters. The number of aliphatic hydroxyl groups excluding tert-OH is 1. The van der Waals surface area contributed by atoms with Crippen molar-refractivity contribution in [1.82, 2.24) is 0 Å². The van der Waals surface area contributed by atoms with Crippen LogP contribution < -0.4 is 0 Å². The molecule has 0 radical (unpaired) electrons. The van der Waals surface area contributed by atoms with Gasteiger partial charge in [0.05, 0.1) is 6.10 Å². The molecule has 1 fully saturated rings. The monoisotopic (exact) mass is 168 g/mol. The molecule has 1 saturated heterocycles.